The molecule has 0 spiro atoms. The van der Waals surface area contributed by atoms with Crippen LogP contribution in [-0.2, 0) is 0 Å². The fourth-order valence-corrected chi connectivity index (χ4v) is 3.92. The van der Waals surface area contributed by atoms with Crippen molar-refractivity contribution in [2.24, 2.45) is 0 Å². The van der Waals surface area contributed by atoms with Crippen molar-refractivity contribution >= 4 is 23.1 Å². The second kappa shape index (κ2) is 6.84. The maximum absolute atomic E-state index is 12.7. The molecule has 0 saturated carbocycles. The largest absolute Gasteiger partial charge is 0.361 e. The molecule has 1 amide bonds. The minimum Gasteiger partial charge on any atom is -0.361 e. The van der Waals surface area contributed by atoms with Gasteiger partial charge in [0.25, 0.3) is 5.91 Å². The van der Waals surface area contributed by atoms with Crippen molar-refractivity contribution < 1.29 is 4.79 Å². The van der Waals surface area contributed by atoms with E-state index < -0.39 is 0 Å². The summed E-state index contributed by atoms with van der Waals surface area (Å²) in [6.45, 7) is 5.63. The van der Waals surface area contributed by atoms with Crippen LogP contribution in [0.15, 0.2) is 12.1 Å². The molecule has 0 N–H and O–H groups in total. The molecule has 1 saturated heterocycles. The highest BCUT2D eigenvalue weighted by Gasteiger charge is 2.28. The minimum absolute atomic E-state index is 0.0393. The van der Waals surface area contributed by atoms with Gasteiger partial charge in [0.05, 0.1) is 10.7 Å². The number of thiazole rings is 1. The Morgan fingerprint density at radius 2 is 2.08 bits per heavy atom. The van der Waals surface area contributed by atoms with Crippen LogP contribution in [0.25, 0.3) is 0 Å². The smallest absolute Gasteiger partial charge is 0.274 e. The molecule has 128 valence electrons. The zero-order valence-corrected chi connectivity index (χ0v) is 15.4. The van der Waals surface area contributed by atoms with E-state index in [1.807, 2.05) is 36.9 Å². The van der Waals surface area contributed by atoms with Gasteiger partial charge in [-0.3, -0.25) is 4.79 Å². The lowest BCUT2D eigenvalue weighted by atomic mass is 9.98. The van der Waals surface area contributed by atoms with E-state index in [1.54, 1.807) is 17.4 Å². The van der Waals surface area contributed by atoms with Gasteiger partial charge in [-0.25, -0.2) is 4.98 Å². The number of carbonyl (C=O) groups excluding carboxylic acids is 1. The lowest BCUT2D eigenvalue weighted by Gasteiger charge is -2.31. The third-order valence-corrected chi connectivity index (χ3v) is 5.67. The van der Waals surface area contributed by atoms with Crippen LogP contribution in [0.5, 0.6) is 0 Å². The molecule has 0 radical (unpaired) electrons. The number of aryl methyl sites for hydroxylation is 2. The summed E-state index contributed by atoms with van der Waals surface area (Å²) in [5, 5.41) is 9.35. The number of carbonyl (C=O) groups is 1. The topological polar surface area (TPSA) is 62.2 Å². The minimum atomic E-state index is -0.0393. The van der Waals surface area contributed by atoms with Gasteiger partial charge >= 0.3 is 0 Å². The first kappa shape index (κ1) is 16.8. The van der Waals surface area contributed by atoms with E-state index in [1.165, 1.54) is 4.88 Å². The Bertz CT molecular complexity index is 706. The Hall–Kier alpha value is -2.02. The Kier molecular flexibility index (Phi) is 4.80. The molecule has 6 nitrogen and oxygen atoms in total. The Labute approximate surface area is 146 Å². The first-order valence-corrected chi connectivity index (χ1v) is 9.01. The van der Waals surface area contributed by atoms with Crippen LogP contribution in [0.3, 0.4) is 0 Å². The van der Waals surface area contributed by atoms with E-state index >= 15 is 0 Å². The lowest BCUT2D eigenvalue weighted by molar-refractivity contribution is 0.0700. The molecule has 0 unspecified atom stereocenters. The third kappa shape index (κ3) is 3.40. The average molecular weight is 345 g/mol. The summed E-state index contributed by atoms with van der Waals surface area (Å²) in [4.78, 5) is 22.4. The van der Waals surface area contributed by atoms with Crippen molar-refractivity contribution in [1.29, 1.82) is 0 Å². The van der Waals surface area contributed by atoms with Crippen LogP contribution >= 0.6 is 11.3 Å². The number of piperidine rings is 1. The summed E-state index contributed by atoms with van der Waals surface area (Å²) in [5.74, 6) is 1.04. The van der Waals surface area contributed by atoms with Gasteiger partial charge in [0.1, 0.15) is 0 Å². The number of nitrogens with zero attached hydrogens (tertiary/aromatic N) is 5. The van der Waals surface area contributed by atoms with E-state index in [0.29, 0.717) is 18.2 Å². The molecule has 2 aromatic rings. The normalized spacial score (nSPS) is 17.8. The molecular formula is C17H23N5OS. The van der Waals surface area contributed by atoms with Crippen LogP contribution < -0.4 is 4.90 Å². The maximum Gasteiger partial charge on any atom is 0.274 e. The second-order valence-electron chi connectivity index (χ2n) is 6.46. The maximum atomic E-state index is 12.7. The van der Waals surface area contributed by atoms with Crippen LogP contribution in [0.4, 0.5) is 5.82 Å². The van der Waals surface area contributed by atoms with Gasteiger partial charge in [0, 0.05) is 38.0 Å². The summed E-state index contributed by atoms with van der Waals surface area (Å²) in [7, 11) is 3.80. The first-order chi connectivity index (χ1) is 11.5. The van der Waals surface area contributed by atoms with Crippen molar-refractivity contribution in [3.63, 3.8) is 0 Å². The van der Waals surface area contributed by atoms with Gasteiger partial charge in [0.2, 0.25) is 0 Å². The van der Waals surface area contributed by atoms with Gasteiger partial charge < -0.3 is 9.80 Å². The summed E-state index contributed by atoms with van der Waals surface area (Å²) < 4.78 is 0. The molecule has 1 aliphatic heterocycles. The highest BCUT2D eigenvalue weighted by molar-refractivity contribution is 7.11. The molecule has 3 heterocycles. The number of rotatable bonds is 3. The third-order valence-electron chi connectivity index (χ3n) is 4.43. The predicted molar refractivity (Wildman–Crippen MR) is 95.8 cm³/mol. The zero-order valence-electron chi connectivity index (χ0n) is 14.6. The van der Waals surface area contributed by atoms with E-state index in [-0.39, 0.29) is 5.91 Å². The zero-order chi connectivity index (χ0) is 17.3. The van der Waals surface area contributed by atoms with Gasteiger partial charge in [-0.1, -0.05) is 0 Å². The molecule has 1 atom stereocenters. The number of hydrogen-bond donors (Lipinski definition) is 0. The fraction of sp³-hybridized carbons (Fsp3) is 0.529. The Morgan fingerprint density at radius 3 is 2.67 bits per heavy atom. The number of amides is 1. The number of likely N-dealkylation sites (tertiary alicyclic amines) is 1. The first-order valence-electron chi connectivity index (χ1n) is 8.20. The molecule has 3 rings (SSSR count). The monoisotopic (exact) mass is 345 g/mol. The highest BCUT2D eigenvalue weighted by atomic mass is 32.1. The lowest BCUT2D eigenvalue weighted by Crippen LogP contribution is -2.39. The SMILES string of the molecule is Cc1nc([C@@H]2CCCN(C(=O)c3ccc(N(C)C)nn3)C2)sc1C. The number of hydrogen-bond acceptors (Lipinski definition) is 6. The molecular weight excluding hydrogens is 322 g/mol. The summed E-state index contributed by atoms with van der Waals surface area (Å²) in [5.41, 5.74) is 1.51. The number of anilines is 1. The fourth-order valence-electron chi connectivity index (χ4n) is 2.88. The standard InChI is InChI=1S/C17H23N5OS/c1-11-12(2)24-16(18-11)13-6-5-9-22(10-13)17(23)14-7-8-15(20-19-14)21(3)4/h7-8,13H,5-6,9-10H2,1-4H3/t13-/m1/s1. The Morgan fingerprint density at radius 1 is 1.29 bits per heavy atom. The van der Waals surface area contributed by atoms with Gasteiger partial charge in [-0.2, -0.15) is 0 Å². The highest BCUT2D eigenvalue weighted by Crippen LogP contribution is 2.31. The quantitative estimate of drug-likeness (QED) is 0.856. The van der Waals surface area contributed by atoms with Crippen LogP contribution in [0, 0.1) is 13.8 Å². The van der Waals surface area contributed by atoms with Gasteiger partial charge in [0.15, 0.2) is 11.5 Å². The van der Waals surface area contributed by atoms with E-state index in [4.69, 9.17) is 0 Å². The van der Waals surface area contributed by atoms with Crippen LogP contribution in [-0.4, -0.2) is 53.2 Å². The molecule has 0 aromatic carbocycles. The van der Waals surface area contributed by atoms with E-state index in [9.17, 15) is 4.79 Å². The molecule has 1 fully saturated rings. The van der Waals surface area contributed by atoms with Crippen LogP contribution in [0.1, 0.15) is 44.8 Å². The summed E-state index contributed by atoms with van der Waals surface area (Å²) >= 11 is 1.75. The van der Waals surface area contributed by atoms with Crippen molar-refractivity contribution in [1.82, 2.24) is 20.1 Å². The Balaban J connectivity index is 1.73. The predicted octanol–water partition coefficient (Wildman–Crippen LogP) is 2.64. The van der Waals surface area contributed by atoms with Crippen molar-refractivity contribution in [3.05, 3.63) is 33.4 Å². The number of aromatic nitrogens is 3. The molecule has 7 heteroatoms. The second-order valence-corrected chi connectivity index (χ2v) is 7.69. The molecule has 2 aromatic heterocycles. The average Bonchev–Trinajstić information content (AvgIpc) is 2.93. The van der Waals surface area contributed by atoms with Crippen molar-refractivity contribution in [2.75, 3.05) is 32.1 Å². The van der Waals surface area contributed by atoms with Crippen molar-refractivity contribution in [2.45, 2.75) is 32.6 Å². The molecule has 0 aliphatic carbocycles. The van der Waals surface area contributed by atoms with Gasteiger partial charge in [-0.05, 0) is 38.8 Å². The summed E-state index contributed by atoms with van der Waals surface area (Å²) in [6, 6.07) is 3.58. The molecule has 1 aliphatic rings. The summed E-state index contributed by atoms with van der Waals surface area (Å²) in [6.07, 6.45) is 2.08. The van der Waals surface area contributed by atoms with Crippen LogP contribution in [0.2, 0.25) is 0 Å². The van der Waals surface area contributed by atoms with Crippen molar-refractivity contribution in [3.8, 4) is 0 Å². The van der Waals surface area contributed by atoms with E-state index in [2.05, 4.69) is 22.1 Å². The molecule has 24 heavy (non-hydrogen) atoms. The van der Waals surface area contributed by atoms with E-state index in [0.717, 1.165) is 35.9 Å². The molecule has 0 bridgehead atoms. The van der Waals surface area contributed by atoms with Gasteiger partial charge in [-0.15, -0.1) is 21.5 Å².